The number of alkyl halides is 3. The van der Waals surface area contributed by atoms with Crippen LogP contribution in [0.1, 0.15) is 20.4 Å². The van der Waals surface area contributed by atoms with E-state index < -0.39 is 17.0 Å². The summed E-state index contributed by atoms with van der Waals surface area (Å²) in [5.74, 6) is -0.588. The third kappa shape index (κ3) is 2.59. The van der Waals surface area contributed by atoms with Crippen molar-refractivity contribution >= 4 is 33.0 Å². The van der Waals surface area contributed by atoms with Gasteiger partial charge >= 0.3 is 6.18 Å². The van der Waals surface area contributed by atoms with Gasteiger partial charge in [0.15, 0.2) is 5.01 Å². The molecule has 0 bridgehead atoms. The highest BCUT2D eigenvalue weighted by Gasteiger charge is 2.35. The van der Waals surface area contributed by atoms with Crippen LogP contribution in [0.3, 0.4) is 0 Å². The Morgan fingerprint density at radius 2 is 2.06 bits per heavy atom. The van der Waals surface area contributed by atoms with E-state index in [0.717, 1.165) is 6.20 Å². The van der Waals surface area contributed by atoms with E-state index in [-0.39, 0.29) is 10.6 Å². The molecule has 18 heavy (non-hydrogen) atoms. The lowest BCUT2D eigenvalue weighted by Crippen LogP contribution is -2.03. The molecule has 94 valence electrons. The average molecular weight is 337 g/mol. The van der Waals surface area contributed by atoms with Gasteiger partial charge in [-0.1, -0.05) is 0 Å². The molecule has 3 nitrogen and oxygen atoms in total. The highest BCUT2D eigenvalue weighted by atomic mass is 79.9. The first-order valence-corrected chi connectivity index (χ1v) is 6.19. The summed E-state index contributed by atoms with van der Waals surface area (Å²) in [6.45, 7) is 0. The number of thiazole rings is 1. The zero-order valence-corrected chi connectivity index (χ0v) is 10.9. The van der Waals surface area contributed by atoms with Crippen molar-refractivity contribution in [2.75, 3.05) is 0 Å². The predicted molar refractivity (Wildman–Crippen MR) is 62.5 cm³/mol. The molecule has 2 aromatic heterocycles. The van der Waals surface area contributed by atoms with Crippen molar-refractivity contribution in [3.63, 3.8) is 0 Å². The monoisotopic (exact) mass is 336 g/mol. The van der Waals surface area contributed by atoms with E-state index in [0.29, 0.717) is 15.8 Å². The molecule has 0 N–H and O–H groups in total. The Labute approximate surface area is 112 Å². The van der Waals surface area contributed by atoms with Crippen molar-refractivity contribution in [2.24, 2.45) is 0 Å². The minimum atomic E-state index is -4.54. The average Bonchev–Trinajstić information content (AvgIpc) is 2.77. The second-order valence-corrected chi connectivity index (χ2v) is 5.08. The molecule has 0 aliphatic heterocycles. The summed E-state index contributed by atoms with van der Waals surface area (Å²) < 4.78 is 37.5. The van der Waals surface area contributed by atoms with E-state index in [1.807, 2.05) is 0 Å². The molecule has 0 spiro atoms. The summed E-state index contributed by atoms with van der Waals surface area (Å²) >= 11 is 3.42. The standard InChI is InChI=1S/C10H4BrF3N2OS/c11-5-2-1-3-15-7(5)8(17)6-4-16-9(18-6)10(12,13)14/h1-4H. The fourth-order valence-corrected chi connectivity index (χ4v) is 2.34. The quantitative estimate of drug-likeness (QED) is 0.787. The maximum Gasteiger partial charge on any atom is 0.443 e. The molecule has 0 aliphatic carbocycles. The van der Waals surface area contributed by atoms with Crippen LogP contribution >= 0.6 is 27.3 Å². The predicted octanol–water partition coefficient (Wildman–Crippen LogP) is 3.55. The number of ketones is 1. The van der Waals surface area contributed by atoms with E-state index in [9.17, 15) is 18.0 Å². The normalized spacial score (nSPS) is 11.6. The number of rotatable bonds is 2. The Morgan fingerprint density at radius 3 is 2.61 bits per heavy atom. The summed E-state index contributed by atoms with van der Waals surface area (Å²) in [7, 11) is 0. The van der Waals surface area contributed by atoms with Crippen molar-refractivity contribution in [1.82, 2.24) is 9.97 Å². The van der Waals surface area contributed by atoms with Crippen LogP contribution in [0.4, 0.5) is 13.2 Å². The van der Waals surface area contributed by atoms with Gasteiger partial charge in [0, 0.05) is 16.9 Å². The highest BCUT2D eigenvalue weighted by molar-refractivity contribution is 9.10. The van der Waals surface area contributed by atoms with Gasteiger partial charge in [0.05, 0.1) is 4.88 Å². The zero-order chi connectivity index (χ0) is 13.3. The Balaban J connectivity index is 2.36. The first-order valence-electron chi connectivity index (χ1n) is 4.58. The van der Waals surface area contributed by atoms with Gasteiger partial charge in [-0.25, -0.2) is 4.98 Å². The van der Waals surface area contributed by atoms with E-state index >= 15 is 0 Å². The van der Waals surface area contributed by atoms with Crippen LogP contribution in [0.25, 0.3) is 0 Å². The molecule has 2 aromatic rings. The summed E-state index contributed by atoms with van der Waals surface area (Å²) in [5.41, 5.74) is 0.0647. The van der Waals surface area contributed by atoms with Crippen LogP contribution in [0.5, 0.6) is 0 Å². The lowest BCUT2D eigenvalue weighted by atomic mass is 10.2. The highest BCUT2D eigenvalue weighted by Crippen LogP contribution is 2.33. The molecule has 8 heteroatoms. The van der Waals surface area contributed by atoms with Crippen LogP contribution in [-0.4, -0.2) is 15.8 Å². The van der Waals surface area contributed by atoms with Gasteiger partial charge in [-0.2, -0.15) is 13.2 Å². The Hall–Kier alpha value is -1.28. The fraction of sp³-hybridized carbons (Fsp3) is 0.100. The van der Waals surface area contributed by atoms with E-state index in [1.165, 1.54) is 6.20 Å². The second-order valence-electron chi connectivity index (χ2n) is 3.19. The van der Waals surface area contributed by atoms with Crippen LogP contribution in [0.2, 0.25) is 0 Å². The SMILES string of the molecule is O=C(c1cnc(C(F)(F)F)s1)c1ncccc1Br. The fourth-order valence-electron chi connectivity index (χ4n) is 1.18. The number of halogens is 4. The first-order chi connectivity index (χ1) is 8.39. The zero-order valence-electron chi connectivity index (χ0n) is 8.53. The number of hydrogen-bond acceptors (Lipinski definition) is 4. The molecule has 2 rings (SSSR count). The van der Waals surface area contributed by atoms with Gasteiger partial charge in [0.25, 0.3) is 0 Å². The van der Waals surface area contributed by atoms with Gasteiger partial charge in [-0.05, 0) is 28.1 Å². The number of aromatic nitrogens is 2. The van der Waals surface area contributed by atoms with E-state index in [4.69, 9.17) is 0 Å². The van der Waals surface area contributed by atoms with Crippen molar-refractivity contribution in [3.8, 4) is 0 Å². The van der Waals surface area contributed by atoms with Crippen LogP contribution in [0, 0.1) is 0 Å². The number of hydrogen-bond donors (Lipinski definition) is 0. The second kappa shape index (κ2) is 4.77. The van der Waals surface area contributed by atoms with Gasteiger partial charge in [0.1, 0.15) is 5.69 Å². The topological polar surface area (TPSA) is 42.9 Å². The third-order valence-electron chi connectivity index (χ3n) is 1.95. The molecular weight excluding hydrogens is 333 g/mol. The van der Waals surface area contributed by atoms with Gasteiger partial charge in [-0.15, -0.1) is 11.3 Å². The van der Waals surface area contributed by atoms with Gasteiger partial charge in [0.2, 0.25) is 5.78 Å². The van der Waals surface area contributed by atoms with Gasteiger partial charge < -0.3 is 0 Å². The molecule has 0 saturated heterocycles. The van der Waals surface area contributed by atoms with Crippen LogP contribution < -0.4 is 0 Å². The largest absolute Gasteiger partial charge is 0.443 e. The number of nitrogens with zero attached hydrogens (tertiary/aromatic N) is 2. The van der Waals surface area contributed by atoms with E-state index in [2.05, 4.69) is 25.9 Å². The first kappa shape index (κ1) is 13.2. The lowest BCUT2D eigenvalue weighted by molar-refractivity contribution is -0.137. The summed E-state index contributed by atoms with van der Waals surface area (Å²) in [6.07, 6.45) is -2.23. The van der Waals surface area contributed by atoms with E-state index in [1.54, 1.807) is 12.1 Å². The Morgan fingerprint density at radius 1 is 1.33 bits per heavy atom. The van der Waals surface area contributed by atoms with Crippen LogP contribution in [0.15, 0.2) is 29.0 Å². The molecule has 0 unspecified atom stereocenters. The summed E-state index contributed by atoms with van der Waals surface area (Å²) in [4.78, 5) is 18.8. The maximum atomic E-state index is 12.4. The molecule has 0 fully saturated rings. The molecule has 0 amide bonds. The minimum Gasteiger partial charge on any atom is -0.286 e. The Kier molecular flexibility index (Phi) is 3.49. The third-order valence-corrected chi connectivity index (χ3v) is 3.63. The lowest BCUT2D eigenvalue weighted by Gasteiger charge is -2.00. The summed E-state index contributed by atoms with van der Waals surface area (Å²) in [6, 6.07) is 3.20. The number of carbonyl (C=O) groups excluding carboxylic acids is 1. The van der Waals surface area contributed by atoms with Crippen molar-refractivity contribution < 1.29 is 18.0 Å². The molecule has 0 aliphatic rings. The molecular formula is C10H4BrF3N2OS. The minimum absolute atomic E-state index is 0.0647. The van der Waals surface area contributed by atoms with Crippen molar-refractivity contribution in [1.29, 1.82) is 0 Å². The number of pyridine rings is 1. The maximum absolute atomic E-state index is 12.4. The van der Waals surface area contributed by atoms with Crippen LogP contribution in [-0.2, 0) is 6.18 Å². The van der Waals surface area contributed by atoms with Gasteiger partial charge in [-0.3, -0.25) is 9.78 Å². The molecule has 0 saturated carbocycles. The summed E-state index contributed by atoms with van der Waals surface area (Å²) in [5, 5.41) is -1.04. The smallest absolute Gasteiger partial charge is 0.286 e. The number of carbonyl (C=O) groups is 1. The van der Waals surface area contributed by atoms with Crippen molar-refractivity contribution in [2.45, 2.75) is 6.18 Å². The Bertz CT molecular complexity index is 597. The van der Waals surface area contributed by atoms with Crippen molar-refractivity contribution in [3.05, 3.63) is 44.6 Å². The molecule has 0 radical (unpaired) electrons. The molecule has 0 atom stereocenters. The molecule has 0 aromatic carbocycles. The molecule has 2 heterocycles.